The molecule has 0 heterocycles. The van der Waals surface area contributed by atoms with Gasteiger partial charge in [-0.05, 0) is 36.4 Å². The quantitative estimate of drug-likeness (QED) is 0.380. The summed E-state index contributed by atoms with van der Waals surface area (Å²) in [6.07, 6.45) is 0. The molecule has 2 rings (SSSR count). The second kappa shape index (κ2) is 5.72. The van der Waals surface area contributed by atoms with E-state index in [1.54, 1.807) is 18.2 Å². The minimum absolute atomic E-state index is 0.0591. The van der Waals surface area contributed by atoms with Gasteiger partial charge in [0.25, 0.3) is 5.91 Å². The molecule has 0 aliphatic heterocycles. The zero-order valence-corrected chi connectivity index (χ0v) is 11.1. The fourth-order valence-corrected chi connectivity index (χ4v) is 2.46. The summed E-state index contributed by atoms with van der Waals surface area (Å²) in [5.41, 5.74) is 2.28. The van der Waals surface area contributed by atoms with E-state index in [1.807, 2.05) is 5.43 Å². The van der Waals surface area contributed by atoms with Crippen molar-refractivity contribution in [2.75, 3.05) is 0 Å². The van der Waals surface area contributed by atoms with Gasteiger partial charge in [-0.2, -0.15) is 8.42 Å². The third-order valence-corrected chi connectivity index (χ3v) is 3.75. The maximum atomic E-state index is 12.0. The van der Waals surface area contributed by atoms with Crippen LogP contribution >= 0.6 is 0 Å². The lowest BCUT2D eigenvalue weighted by Gasteiger charge is -2.07. The van der Waals surface area contributed by atoms with E-state index in [0.717, 1.165) is 0 Å². The lowest BCUT2D eigenvalue weighted by molar-refractivity contribution is 0.0953. The Morgan fingerprint density at radius 1 is 1.00 bits per heavy atom. The van der Waals surface area contributed by atoms with E-state index in [9.17, 15) is 13.2 Å². The second-order valence-electron chi connectivity index (χ2n) is 3.85. The van der Waals surface area contributed by atoms with Crippen molar-refractivity contribution in [1.82, 2.24) is 5.43 Å². The van der Waals surface area contributed by atoms with Crippen LogP contribution in [0.3, 0.4) is 0 Å². The zero-order valence-electron chi connectivity index (χ0n) is 10.3. The number of hydrogen-bond donors (Lipinski definition) is 2. The van der Waals surface area contributed by atoms with Crippen molar-refractivity contribution in [3.63, 3.8) is 0 Å². The van der Waals surface area contributed by atoms with E-state index in [2.05, 4.69) is 0 Å². The molecule has 7 heteroatoms. The third-order valence-electron chi connectivity index (χ3n) is 2.49. The normalized spacial score (nSPS) is 10.8. The molecule has 2 aromatic carbocycles. The third kappa shape index (κ3) is 3.14. The Hall–Kier alpha value is -2.38. The largest absolute Gasteiger partial charge is 0.379 e. The maximum Gasteiger partial charge on any atom is 0.339 e. The molecule has 2 aromatic rings. The highest BCUT2D eigenvalue weighted by molar-refractivity contribution is 7.87. The van der Waals surface area contributed by atoms with Crippen molar-refractivity contribution in [2.45, 2.75) is 4.90 Å². The Morgan fingerprint density at radius 2 is 1.60 bits per heavy atom. The van der Waals surface area contributed by atoms with Gasteiger partial charge in [-0.25, -0.2) is 5.84 Å². The van der Waals surface area contributed by atoms with Gasteiger partial charge >= 0.3 is 10.1 Å². The lowest BCUT2D eigenvalue weighted by atomic mass is 10.2. The first-order valence-electron chi connectivity index (χ1n) is 5.63. The van der Waals surface area contributed by atoms with E-state index in [0.29, 0.717) is 5.56 Å². The van der Waals surface area contributed by atoms with E-state index in [1.165, 1.54) is 36.4 Å². The summed E-state index contributed by atoms with van der Waals surface area (Å²) in [7, 11) is -3.88. The Kier molecular flexibility index (Phi) is 4.02. The van der Waals surface area contributed by atoms with E-state index in [-0.39, 0.29) is 10.6 Å². The standard InChI is InChI=1S/C13H12N2O4S/c14-15-13(16)10-6-8-11(9-7-10)19-20(17,18)12-4-2-1-3-5-12/h1-9H,14H2,(H,15,16). The number of hydrogen-bond acceptors (Lipinski definition) is 5. The van der Waals surface area contributed by atoms with Crippen LogP contribution in [0.2, 0.25) is 0 Å². The van der Waals surface area contributed by atoms with Crippen LogP contribution in [0.25, 0.3) is 0 Å². The second-order valence-corrected chi connectivity index (χ2v) is 5.39. The highest BCUT2D eigenvalue weighted by Gasteiger charge is 2.16. The van der Waals surface area contributed by atoms with Crippen LogP contribution in [-0.2, 0) is 10.1 Å². The Labute approximate surface area is 116 Å². The van der Waals surface area contributed by atoms with E-state index < -0.39 is 16.0 Å². The van der Waals surface area contributed by atoms with Gasteiger partial charge in [0.2, 0.25) is 0 Å². The number of carbonyl (C=O) groups excluding carboxylic acids is 1. The number of nitrogen functional groups attached to an aromatic ring is 1. The maximum absolute atomic E-state index is 12.0. The first-order chi connectivity index (χ1) is 9.53. The summed E-state index contributed by atoms with van der Waals surface area (Å²) in [5, 5.41) is 0. The average Bonchev–Trinajstić information content (AvgIpc) is 2.48. The number of benzene rings is 2. The molecule has 0 atom stereocenters. The predicted molar refractivity (Wildman–Crippen MR) is 72.4 cm³/mol. The molecule has 0 spiro atoms. The molecule has 0 aliphatic carbocycles. The number of hydrazine groups is 1. The van der Waals surface area contributed by atoms with Gasteiger partial charge in [0.1, 0.15) is 10.6 Å². The summed E-state index contributed by atoms with van der Waals surface area (Å²) in [4.78, 5) is 11.3. The Bertz CT molecular complexity index is 697. The van der Waals surface area contributed by atoms with Crippen LogP contribution in [0.1, 0.15) is 10.4 Å². The molecule has 0 aliphatic rings. The van der Waals surface area contributed by atoms with Gasteiger partial charge in [-0.15, -0.1) is 0 Å². The van der Waals surface area contributed by atoms with Gasteiger partial charge < -0.3 is 4.18 Å². The summed E-state index contributed by atoms with van der Waals surface area (Å²) < 4.78 is 28.9. The van der Waals surface area contributed by atoms with Crippen molar-refractivity contribution in [3.05, 3.63) is 60.2 Å². The minimum atomic E-state index is -3.88. The van der Waals surface area contributed by atoms with Crippen LogP contribution in [0.15, 0.2) is 59.5 Å². The van der Waals surface area contributed by atoms with Crippen LogP contribution in [0, 0.1) is 0 Å². The van der Waals surface area contributed by atoms with Crippen LogP contribution < -0.4 is 15.5 Å². The summed E-state index contributed by atoms with van der Waals surface area (Å²) in [5.74, 6) is 4.64. The van der Waals surface area contributed by atoms with E-state index in [4.69, 9.17) is 10.0 Å². The average molecular weight is 292 g/mol. The molecule has 0 fully saturated rings. The van der Waals surface area contributed by atoms with Gasteiger partial charge in [0.15, 0.2) is 0 Å². The Balaban J connectivity index is 2.20. The highest BCUT2D eigenvalue weighted by atomic mass is 32.2. The van der Waals surface area contributed by atoms with Crippen molar-refractivity contribution in [2.24, 2.45) is 5.84 Å². The SMILES string of the molecule is NNC(=O)c1ccc(OS(=O)(=O)c2ccccc2)cc1. The molecule has 1 amide bonds. The number of nitrogens with one attached hydrogen (secondary N) is 1. The molecule has 0 saturated heterocycles. The molecule has 6 nitrogen and oxygen atoms in total. The smallest absolute Gasteiger partial charge is 0.339 e. The van der Waals surface area contributed by atoms with Crippen molar-refractivity contribution in [1.29, 1.82) is 0 Å². The number of rotatable bonds is 4. The fraction of sp³-hybridized carbons (Fsp3) is 0. The van der Waals surface area contributed by atoms with Gasteiger partial charge in [0.05, 0.1) is 0 Å². The lowest BCUT2D eigenvalue weighted by Crippen LogP contribution is -2.29. The molecule has 0 radical (unpaired) electrons. The van der Waals surface area contributed by atoms with Crippen molar-refractivity contribution >= 4 is 16.0 Å². The number of carbonyl (C=O) groups is 1. The van der Waals surface area contributed by atoms with Crippen LogP contribution in [0.5, 0.6) is 5.75 Å². The monoisotopic (exact) mass is 292 g/mol. The molecule has 0 bridgehead atoms. The van der Waals surface area contributed by atoms with E-state index >= 15 is 0 Å². The number of amides is 1. The Morgan fingerprint density at radius 3 is 2.15 bits per heavy atom. The molecule has 3 N–H and O–H groups in total. The van der Waals surface area contributed by atoms with Gasteiger partial charge in [-0.1, -0.05) is 18.2 Å². The molecular formula is C13H12N2O4S. The highest BCUT2D eigenvalue weighted by Crippen LogP contribution is 2.18. The van der Waals surface area contributed by atoms with Crippen LogP contribution in [-0.4, -0.2) is 14.3 Å². The summed E-state index contributed by atoms with van der Waals surface area (Å²) in [6, 6.07) is 13.4. The molecule has 0 unspecified atom stereocenters. The van der Waals surface area contributed by atoms with Crippen molar-refractivity contribution in [3.8, 4) is 5.75 Å². The molecule has 20 heavy (non-hydrogen) atoms. The number of nitrogens with two attached hydrogens (primary N) is 1. The molecule has 0 saturated carbocycles. The van der Waals surface area contributed by atoms with Gasteiger partial charge in [0, 0.05) is 5.56 Å². The molecular weight excluding hydrogens is 280 g/mol. The van der Waals surface area contributed by atoms with Crippen molar-refractivity contribution < 1.29 is 17.4 Å². The first-order valence-corrected chi connectivity index (χ1v) is 7.04. The summed E-state index contributed by atoms with van der Waals surface area (Å²) >= 11 is 0. The topological polar surface area (TPSA) is 98.5 Å². The molecule has 0 aromatic heterocycles. The fourth-order valence-electron chi connectivity index (χ4n) is 1.51. The zero-order chi connectivity index (χ0) is 14.6. The minimum Gasteiger partial charge on any atom is -0.379 e. The summed E-state index contributed by atoms with van der Waals surface area (Å²) in [6.45, 7) is 0. The molecule has 104 valence electrons. The van der Waals surface area contributed by atoms with Gasteiger partial charge in [-0.3, -0.25) is 10.2 Å². The van der Waals surface area contributed by atoms with Crippen LogP contribution in [0.4, 0.5) is 0 Å². The predicted octanol–water partition coefficient (Wildman–Crippen LogP) is 1.06. The first kappa shape index (κ1) is 14.0.